The van der Waals surface area contributed by atoms with Crippen molar-refractivity contribution in [2.24, 2.45) is 5.73 Å². The van der Waals surface area contributed by atoms with Crippen LogP contribution in [0.25, 0.3) is 10.9 Å². The first-order valence-corrected chi connectivity index (χ1v) is 7.79. The van der Waals surface area contributed by atoms with Crippen LogP contribution < -0.4 is 16.5 Å². The van der Waals surface area contributed by atoms with Crippen LogP contribution in [0.2, 0.25) is 5.02 Å². The molecule has 1 aromatic carbocycles. The second-order valence-corrected chi connectivity index (χ2v) is 6.05. The van der Waals surface area contributed by atoms with Crippen LogP contribution in [0.3, 0.4) is 0 Å². The average Bonchev–Trinajstić information content (AvgIpc) is 2.94. The van der Waals surface area contributed by atoms with E-state index in [9.17, 15) is 4.79 Å². The molecule has 6 nitrogen and oxygen atoms in total. The molecule has 1 aromatic heterocycles. The largest absolute Gasteiger partial charge is 0.351 e. The highest BCUT2D eigenvalue weighted by molar-refractivity contribution is 6.31. The van der Waals surface area contributed by atoms with Crippen LogP contribution in [-0.4, -0.2) is 30.1 Å². The summed E-state index contributed by atoms with van der Waals surface area (Å²) < 4.78 is 0. The fourth-order valence-electron chi connectivity index (χ4n) is 2.75. The molecule has 1 heterocycles. The zero-order chi connectivity index (χ0) is 16.4. The third kappa shape index (κ3) is 3.50. The first-order chi connectivity index (χ1) is 11.1. The molecule has 0 saturated heterocycles. The molecule has 0 saturated carbocycles. The van der Waals surface area contributed by atoms with Crippen molar-refractivity contribution in [3.05, 3.63) is 46.8 Å². The molecule has 0 unspecified atom stereocenters. The number of allylic oxidation sites excluding steroid dienone is 1. The van der Waals surface area contributed by atoms with Gasteiger partial charge in [-0.3, -0.25) is 15.1 Å². The van der Waals surface area contributed by atoms with Crippen LogP contribution in [-0.2, 0) is 4.84 Å². The van der Waals surface area contributed by atoms with E-state index >= 15 is 0 Å². The van der Waals surface area contributed by atoms with Gasteiger partial charge in [0.1, 0.15) is 5.69 Å². The maximum Gasteiger partial charge on any atom is 0.268 e. The number of aromatic amines is 1. The van der Waals surface area contributed by atoms with Gasteiger partial charge in [0.2, 0.25) is 0 Å². The summed E-state index contributed by atoms with van der Waals surface area (Å²) in [4.78, 5) is 20.5. The number of carbonyl (C=O) groups excluding carboxylic acids is 1. The maximum absolute atomic E-state index is 12.5. The molecule has 0 spiro atoms. The van der Waals surface area contributed by atoms with Gasteiger partial charge in [-0.1, -0.05) is 11.6 Å². The van der Waals surface area contributed by atoms with E-state index in [0.717, 1.165) is 29.4 Å². The molecule has 5 N–H and O–H groups in total. The Labute approximate surface area is 139 Å². The molecule has 1 amide bonds. The van der Waals surface area contributed by atoms with Gasteiger partial charge in [-0.05, 0) is 43.2 Å². The number of carbonyl (C=O) groups is 1. The van der Waals surface area contributed by atoms with Crippen molar-refractivity contribution < 1.29 is 9.63 Å². The highest BCUT2D eigenvalue weighted by Crippen LogP contribution is 2.21. The predicted octanol–water partition coefficient (Wildman–Crippen LogP) is 2.08. The maximum atomic E-state index is 12.5. The number of benzene rings is 1. The van der Waals surface area contributed by atoms with Crippen LogP contribution >= 0.6 is 11.6 Å². The number of fused-ring (bicyclic) bond motifs is 1. The molecule has 122 valence electrons. The van der Waals surface area contributed by atoms with Crippen molar-refractivity contribution in [1.29, 1.82) is 0 Å². The summed E-state index contributed by atoms with van der Waals surface area (Å²) in [6.45, 7) is 0. The highest BCUT2D eigenvalue weighted by atomic mass is 35.5. The second-order valence-electron chi connectivity index (χ2n) is 5.61. The Morgan fingerprint density at radius 1 is 1.43 bits per heavy atom. The number of hydrogen-bond acceptors (Lipinski definition) is 4. The Hall–Kier alpha value is -2.02. The first-order valence-electron chi connectivity index (χ1n) is 7.41. The van der Waals surface area contributed by atoms with Crippen LogP contribution in [0.5, 0.6) is 0 Å². The number of halogens is 1. The van der Waals surface area contributed by atoms with Crippen LogP contribution in [0, 0.1) is 0 Å². The minimum Gasteiger partial charge on any atom is -0.351 e. The summed E-state index contributed by atoms with van der Waals surface area (Å²) in [7, 11) is 1.55. The van der Waals surface area contributed by atoms with Gasteiger partial charge in [-0.15, -0.1) is 0 Å². The molecule has 1 aliphatic carbocycles. The van der Waals surface area contributed by atoms with E-state index in [4.69, 9.17) is 22.2 Å². The summed E-state index contributed by atoms with van der Waals surface area (Å²) in [6, 6.07) is 6.86. The number of hydroxylamine groups is 1. The Bertz CT molecular complexity index is 756. The topological polar surface area (TPSA) is 92.2 Å². The Balaban J connectivity index is 1.77. The lowest BCUT2D eigenvalue weighted by atomic mass is 9.95. The lowest BCUT2D eigenvalue weighted by Gasteiger charge is -2.28. The number of amides is 1. The second kappa shape index (κ2) is 6.62. The molecule has 3 rings (SSSR count). The zero-order valence-corrected chi connectivity index (χ0v) is 13.5. The first kappa shape index (κ1) is 15.9. The molecular weight excluding hydrogens is 316 g/mol. The standard InChI is InChI=1S/C16H19ClN4O2/c1-23-21-11-3-4-12(18)14(8-11)20-16(22)15-7-9-6-10(17)2-5-13(9)19-15/h2,5-8,12,14,19,21H,3-4,18H2,1H3,(H,20,22)/t12-,14+/m0/s1. The third-order valence-corrected chi connectivity index (χ3v) is 4.18. The highest BCUT2D eigenvalue weighted by Gasteiger charge is 2.24. The summed E-state index contributed by atoms with van der Waals surface area (Å²) in [5.41, 5.74) is 11.2. The molecule has 23 heavy (non-hydrogen) atoms. The number of rotatable bonds is 4. The fourth-order valence-corrected chi connectivity index (χ4v) is 2.93. The summed E-state index contributed by atoms with van der Waals surface area (Å²) in [5, 5.41) is 4.48. The third-order valence-electron chi connectivity index (χ3n) is 3.95. The molecule has 7 heteroatoms. The Morgan fingerprint density at radius 3 is 3.04 bits per heavy atom. The number of hydrogen-bond donors (Lipinski definition) is 4. The quantitative estimate of drug-likeness (QED) is 0.644. The summed E-state index contributed by atoms with van der Waals surface area (Å²) in [5.74, 6) is -0.201. The van der Waals surface area contributed by atoms with Gasteiger partial charge in [0, 0.05) is 27.7 Å². The number of nitrogens with one attached hydrogen (secondary N) is 3. The molecule has 0 aliphatic heterocycles. The predicted molar refractivity (Wildman–Crippen MR) is 90.0 cm³/mol. The summed E-state index contributed by atoms with van der Waals surface area (Å²) >= 11 is 5.97. The fraction of sp³-hybridized carbons (Fsp3) is 0.312. The van der Waals surface area contributed by atoms with Gasteiger partial charge in [0.25, 0.3) is 5.91 Å². The number of H-pyrrole nitrogens is 1. The van der Waals surface area contributed by atoms with Crippen LogP contribution in [0.4, 0.5) is 0 Å². The monoisotopic (exact) mass is 334 g/mol. The van der Waals surface area contributed by atoms with Crippen molar-refractivity contribution in [2.75, 3.05) is 7.11 Å². The Morgan fingerprint density at radius 2 is 2.26 bits per heavy atom. The minimum atomic E-state index is -0.246. The molecule has 0 bridgehead atoms. The van der Waals surface area contributed by atoms with E-state index < -0.39 is 0 Å². The SMILES string of the molecule is CONC1=C[C@@H](NC(=O)c2cc3cc(Cl)ccc3[nH]2)[C@@H](N)CC1. The van der Waals surface area contributed by atoms with E-state index in [-0.39, 0.29) is 18.0 Å². The van der Waals surface area contributed by atoms with Gasteiger partial charge in [0.05, 0.1) is 13.2 Å². The van der Waals surface area contributed by atoms with E-state index in [1.165, 1.54) is 0 Å². The lowest BCUT2D eigenvalue weighted by molar-refractivity contribution is 0.0925. The smallest absolute Gasteiger partial charge is 0.268 e. The molecule has 1 aliphatic rings. The van der Waals surface area contributed by atoms with Gasteiger partial charge in [0.15, 0.2) is 0 Å². The van der Waals surface area contributed by atoms with Crippen molar-refractivity contribution in [3.63, 3.8) is 0 Å². The van der Waals surface area contributed by atoms with Crippen molar-refractivity contribution in [2.45, 2.75) is 24.9 Å². The zero-order valence-electron chi connectivity index (χ0n) is 12.7. The molecule has 0 radical (unpaired) electrons. The number of aromatic nitrogens is 1. The molecule has 0 fully saturated rings. The van der Waals surface area contributed by atoms with Gasteiger partial charge < -0.3 is 16.0 Å². The Kier molecular flexibility index (Phi) is 4.56. The summed E-state index contributed by atoms with van der Waals surface area (Å²) in [6.07, 6.45) is 3.47. The minimum absolute atomic E-state index is 0.125. The molecular formula is C16H19ClN4O2. The van der Waals surface area contributed by atoms with Gasteiger partial charge in [-0.2, -0.15) is 0 Å². The molecule has 2 aromatic rings. The van der Waals surface area contributed by atoms with Crippen molar-refractivity contribution in [3.8, 4) is 0 Å². The van der Waals surface area contributed by atoms with Crippen molar-refractivity contribution >= 4 is 28.4 Å². The van der Waals surface area contributed by atoms with E-state index in [1.807, 2.05) is 18.2 Å². The van der Waals surface area contributed by atoms with Crippen LogP contribution in [0.1, 0.15) is 23.3 Å². The van der Waals surface area contributed by atoms with Crippen LogP contribution in [0.15, 0.2) is 36.0 Å². The average molecular weight is 335 g/mol. The van der Waals surface area contributed by atoms with Gasteiger partial charge >= 0.3 is 0 Å². The normalized spacial score (nSPS) is 21.1. The van der Waals surface area contributed by atoms with E-state index in [1.54, 1.807) is 19.2 Å². The van der Waals surface area contributed by atoms with E-state index in [2.05, 4.69) is 15.8 Å². The molecule has 2 atom stereocenters. The van der Waals surface area contributed by atoms with Crippen molar-refractivity contribution in [1.82, 2.24) is 15.8 Å². The van der Waals surface area contributed by atoms with E-state index in [0.29, 0.717) is 10.7 Å². The lowest BCUT2D eigenvalue weighted by Crippen LogP contribution is -2.49. The number of nitrogens with two attached hydrogens (primary N) is 1. The van der Waals surface area contributed by atoms with Gasteiger partial charge in [-0.25, -0.2) is 0 Å².